The number of carbonyl (C=O) groups is 2. The predicted molar refractivity (Wildman–Crippen MR) is 324 cm³/mol. The number of nitrogens with two attached hydrogens (primary N) is 3. The Morgan fingerprint density at radius 2 is 0.959 bits per heavy atom. The van der Waals surface area contributed by atoms with Crippen molar-refractivity contribution in [2.24, 2.45) is 17.2 Å². The molecule has 0 bridgehead atoms. The van der Waals surface area contributed by atoms with Crippen LogP contribution in [-0.4, -0.2) is 51.3 Å². The van der Waals surface area contributed by atoms with E-state index in [9.17, 15) is 19.7 Å². The second-order valence-corrected chi connectivity index (χ2v) is 53.4. The van der Waals surface area contributed by atoms with Crippen LogP contribution in [0.3, 0.4) is 0 Å². The fourth-order valence-electron chi connectivity index (χ4n) is 6.89. The summed E-state index contributed by atoms with van der Waals surface area (Å²) in [7, 11) is 0. The zero-order valence-electron chi connectivity index (χ0n) is 39.8. The van der Waals surface area contributed by atoms with E-state index in [4.69, 9.17) is 31.4 Å². The second-order valence-electron chi connectivity index (χ2n) is 16.1. The number of hydrogen-bond donors (Lipinski definition) is 4. The molecule has 2 aromatic heterocycles. The summed E-state index contributed by atoms with van der Waals surface area (Å²) in [6, 6.07) is 46.8. The summed E-state index contributed by atoms with van der Waals surface area (Å²) in [6.45, 7) is 0.318. The molecule has 21 heteroatoms. The van der Waals surface area contributed by atoms with Gasteiger partial charge < -0.3 is 36.7 Å². The Kier molecular flexibility index (Phi) is 35.5. The number of halogens is 4. The van der Waals surface area contributed by atoms with Crippen molar-refractivity contribution in [1.82, 2.24) is 15.3 Å². The van der Waals surface area contributed by atoms with Crippen LogP contribution < -0.4 is 27.3 Å². The molecule has 0 saturated heterocycles. The molecule has 0 spiro atoms. The van der Waals surface area contributed by atoms with E-state index in [-0.39, 0.29) is 73.6 Å². The Labute approximate surface area is 487 Å². The van der Waals surface area contributed by atoms with Crippen molar-refractivity contribution in [1.29, 1.82) is 0 Å². The van der Waals surface area contributed by atoms with Crippen LogP contribution >= 0.6 is 95.0 Å². The van der Waals surface area contributed by atoms with E-state index >= 15 is 0 Å². The standard InChI is InChI=1S/C23H27N3O2S.C18H24N2.C11H8N2O5S.CH4.ClH.3HI.V/c24-20(13-18-7-3-1-4-8-18)11-12-21(14-19-9-5-2-6-10-19)26-23(27)28-16-22-15-25-17-29-22;19-17(13-15-7-3-1-4-8-15)11-12-18(20)14-16-9-5-2-6-10-16;14-11(17-6-10-5-12-7-19-10)18-9-3-1-8(2-4-9)13(15)16;;;;;;/h1-10,15,17,20-21H,11-14,16,24H2,(H,26,27);1-10,17-18H,11-14,19-20H2;1-5,7H,6H2;1H4;4*1H;/q;;;;;;;;+3/p-3/t20-,21-;17-,18-;;;;;;;/m11......./s1. The van der Waals surface area contributed by atoms with Gasteiger partial charge in [-0.25, -0.2) is 9.59 Å². The average Bonchev–Trinajstić information content (AvgIpc) is 4.11. The molecular formula is C53H64ClI3N7O7S2V. The molecule has 4 atom stereocenters. The molecule has 398 valence electrons. The Bertz CT molecular complexity index is 2470. The van der Waals surface area contributed by atoms with Gasteiger partial charge in [0.25, 0.3) is 5.69 Å². The number of ether oxygens (including phenoxy) is 3. The quantitative estimate of drug-likeness (QED) is 0.0174. The van der Waals surface area contributed by atoms with Crippen LogP contribution in [0.25, 0.3) is 0 Å². The molecule has 74 heavy (non-hydrogen) atoms. The normalized spacial score (nSPS) is 11.8. The molecule has 0 aliphatic carbocycles. The van der Waals surface area contributed by atoms with Crippen LogP contribution in [0.5, 0.6) is 5.75 Å². The number of aromatic nitrogens is 2. The molecule has 14 nitrogen and oxygen atoms in total. The van der Waals surface area contributed by atoms with E-state index in [1.165, 1.54) is 69.2 Å². The Balaban J connectivity index is 0.000000371. The van der Waals surface area contributed by atoms with E-state index < -0.39 is 17.2 Å². The van der Waals surface area contributed by atoms with Crippen LogP contribution in [0.4, 0.5) is 15.3 Å². The maximum atomic E-state index is 12.3. The number of alkyl carbamates (subject to hydrolysis) is 1. The minimum atomic E-state index is -0.873. The van der Waals surface area contributed by atoms with Gasteiger partial charge in [-0.2, -0.15) is 0 Å². The molecule has 7 rings (SSSR count). The Morgan fingerprint density at radius 3 is 1.32 bits per heavy atom. The SMILES string of the molecule is C.Cl.N[C@H](CC[C@@H](N)Cc1ccccc1)Cc1ccccc1.N[C@H](CC[C@H](Cc1ccccc1)NC(=O)OCc1cncs1)Cc1ccccc1.O=C(OCc1cncs1)Oc1ccc([N+](=O)[O-])cc1.[I][V]([I])[I]. The van der Waals surface area contributed by atoms with Gasteiger partial charge in [-0.1, -0.05) is 129 Å². The van der Waals surface area contributed by atoms with E-state index in [1.54, 1.807) is 23.4 Å². The molecule has 1 amide bonds. The van der Waals surface area contributed by atoms with Crippen molar-refractivity contribution in [2.45, 2.75) is 96.2 Å². The summed E-state index contributed by atoms with van der Waals surface area (Å²) in [5, 5.41) is 13.5. The average molecular weight is 1440 g/mol. The van der Waals surface area contributed by atoms with Crippen LogP contribution in [0.1, 0.15) is 65.1 Å². The van der Waals surface area contributed by atoms with Crippen LogP contribution in [0, 0.1) is 10.1 Å². The van der Waals surface area contributed by atoms with Gasteiger partial charge >= 0.3 is 77.1 Å². The number of nitro groups is 1. The number of non-ortho nitro benzene ring substituents is 1. The minimum absolute atomic E-state index is 0. The summed E-state index contributed by atoms with van der Waals surface area (Å²) in [4.78, 5) is 42.8. The number of carbonyl (C=O) groups excluding carboxylic acids is 2. The first-order chi connectivity index (χ1) is 34.8. The molecule has 5 aromatic carbocycles. The van der Waals surface area contributed by atoms with Crippen LogP contribution in [0.15, 0.2) is 169 Å². The third-order valence-corrected chi connectivity index (χ3v) is 11.9. The van der Waals surface area contributed by atoms with Crippen LogP contribution in [0.2, 0.25) is 0 Å². The first-order valence-corrected chi connectivity index (χ1v) is 38.1. The van der Waals surface area contributed by atoms with Crippen molar-refractivity contribution >= 4 is 113 Å². The maximum absolute atomic E-state index is 12.3. The fraction of sp³-hybridized carbons (Fsp3) is 0.283. The summed E-state index contributed by atoms with van der Waals surface area (Å²) in [5.41, 5.74) is 27.0. The van der Waals surface area contributed by atoms with Gasteiger partial charge in [-0.05, 0) is 85.8 Å². The molecule has 0 unspecified atom stereocenters. The monoisotopic (exact) mass is 1440 g/mol. The number of rotatable bonds is 21. The van der Waals surface area contributed by atoms with E-state index in [0.29, 0.717) is 0 Å². The van der Waals surface area contributed by atoms with Gasteiger partial charge in [-0.3, -0.25) is 20.1 Å². The Morgan fingerprint density at radius 1 is 0.595 bits per heavy atom. The molecule has 2 heterocycles. The van der Waals surface area contributed by atoms with Gasteiger partial charge in [-0.15, -0.1) is 35.1 Å². The number of amides is 1. The number of hydrogen-bond acceptors (Lipinski definition) is 14. The predicted octanol–water partition coefficient (Wildman–Crippen LogP) is 13.7. The van der Waals surface area contributed by atoms with Crippen molar-refractivity contribution in [3.63, 3.8) is 0 Å². The van der Waals surface area contributed by atoms with Gasteiger partial charge in [0.05, 0.1) is 25.7 Å². The summed E-state index contributed by atoms with van der Waals surface area (Å²) >= 11 is 10.2. The first kappa shape index (κ1) is 66.4. The molecule has 0 saturated carbocycles. The second kappa shape index (κ2) is 39.6. The van der Waals surface area contributed by atoms with Crippen molar-refractivity contribution in [3.8, 4) is 5.75 Å². The Hall–Kier alpha value is -3.76. The number of nitrogens with one attached hydrogen (secondary N) is 1. The zero-order valence-corrected chi connectivity index (χ0v) is 50.1. The number of nitro benzene ring substituents is 1. The third-order valence-electron chi connectivity index (χ3n) is 10.4. The van der Waals surface area contributed by atoms with Crippen molar-refractivity contribution in [3.05, 3.63) is 211 Å². The van der Waals surface area contributed by atoms with Gasteiger partial charge in [0.15, 0.2) is 0 Å². The third kappa shape index (κ3) is 30.7. The summed E-state index contributed by atoms with van der Waals surface area (Å²) < 4.78 is 15.0. The molecule has 0 aliphatic heterocycles. The van der Waals surface area contributed by atoms with Gasteiger partial charge in [0, 0.05) is 48.7 Å². The molecule has 0 radical (unpaired) electrons. The summed E-state index contributed by atoms with van der Waals surface area (Å²) in [5.74, 6) is 0.180. The van der Waals surface area contributed by atoms with Crippen LogP contribution in [-0.2, 0) is 53.3 Å². The van der Waals surface area contributed by atoms with Gasteiger partial charge in [0.2, 0.25) is 0 Å². The zero-order chi connectivity index (χ0) is 51.8. The fourth-order valence-corrected chi connectivity index (χ4v) is 7.90. The molecule has 0 aliphatic rings. The molecule has 7 N–H and O–H groups in total. The number of benzene rings is 5. The summed E-state index contributed by atoms with van der Waals surface area (Å²) in [6.07, 6.45) is 9.01. The number of thiazole rings is 2. The molecule has 7 aromatic rings. The first-order valence-electron chi connectivity index (χ1n) is 22.8. The van der Waals surface area contributed by atoms with E-state index in [0.717, 1.165) is 61.1 Å². The topological polar surface area (TPSA) is 221 Å². The molecular weight excluding hydrogens is 1380 g/mol. The number of nitrogens with zero attached hydrogens (tertiary/aromatic N) is 3. The van der Waals surface area contributed by atoms with E-state index in [1.807, 2.05) is 48.5 Å². The van der Waals surface area contributed by atoms with Crippen molar-refractivity contribution < 1.29 is 33.6 Å². The molecule has 0 fully saturated rings. The van der Waals surface area contributed by atoms with E-state index in [2.05, 4.69) is 148 Å². The van der Waals surface area contributed by atoms with Gasteiger partial charge in [0.1, 0.15) is 19.0 Å². The van der Waals surface area contributed by atoms with Crippen molar-refractivity contribution in [2.75, 3.05) is 0 Å².